The van der Waals surface area contributed by atoms with Crippen molar-refractivity contribution in [2.24, 2.45) is 7.05 Å². The van der Waals surface area contributed by atoms with Crippen molar-refractivity contribution in [3.8, 4) is 23.0 Å². The largest absolute Gasteiger partial charge is 1.00 e. The Morgan fingerprint density at radius 2 is 1.30 bits per heavy atom. The average molecular weight is 1180 g/mol. The number of para-hydroxylation sites is 2. The van der Waals surface area contributed by atoms with Gasteiger partial charge >= 0.3 is 44.8 Å². The molecule has 1 heterocycles. The van der Waals surface area contributed by atoms with Crippen molar-refractivity contribution in [1.29, 1.82) is 0 Å². The minimum atomic E-state index is -0.807. The Morgan fingerprint density at radius 3 is 1.98 bits per heavy atom. The van der Waals surface area contributed by atoms with Crippen LogP contribution in [0.25, 0.3) is 32.9 Å². The van der Waals surface area contributed by atoms with E-state index in [1.54, 1.807) is 5.30 Å². The molecular formula is C55H49Au2NP2+2. The van der Waals surface area contributed by atoms with Gasteiger partial charge in [-0.05, 0) is 96.4 Å². The molecule has 0 fully saturated rings. The Labute approximate surface area is 391 Å². The zero-order valence-electron chi connectivity index (χ0n) is 34.1. The number of fused-ring (bicyclic) bond motifs is 6. The van der Waals surface area contributed by atoms with Crippen LogP contribution in [0.15, 0.2) is 193 Å². The third-order valence-electron chi connectivity index (χ3n) is 11.1. The molecule has 3 unspecified atom stereocenters. The van der Waals surface area contributed by atoms with Crippen LogP contribution >= 0.6 is 15.8 Å². The van der Waals surface area contributed by atoms with Gasteiger partial charge in [-0.25, -0.2) is 0 Å². The summed E-state index contributed by atoms with van der Waals surface area (Å²) in [6, 6.07) is 51.3. The van der Waals surface area contributed by atoms with Crippen LogP contribution in [0.4, 0.5) is 0 Å². The second kappa shape index (κ2) is 22.9. The van der Waals surface area contributed by atoms with E-state index in [9.17, 15) is 0 Å². The van der Waals surface area contributed by atoms with Gasteiger partial charge in [-0.2, -0.15) is 0 Å². The van der Waals surface area contributed by atoms with Gasteiger partial charge in [0.2, 0.25) is 0 Å². The maximum Gasteiger partial charge on any atom is 1.00 e. The number of aromatic nitrogens is 1. The molecule has 1 aromatic heterocycles. The molecule has 0 aliphatic heterocycles. The summed E-state index contributed by atoms with van der Waals surface area (Å²) in [5.41, 5.74) is 9.89. The van der Waals surface area contributed by atoms with E-state index < -0.39 is 15.8 Å². The Bertz CT molecular complexity index is 2730. The molecule has 3 atom stereocenters. The molecule has 2 aliphatic rings. The number of allylic oxidation sites excluding steroid dienone is 8. The molecule has 0 spiro atoms. The van der Waals surface area contributed by atoms with Crippen molar-refractivity contribution in [2.75, 3.05) is 5.90 Å². The quantitative estimate of drug-likeness (QED) is 0.0493. The molecule has 0 bridgehead atoms. The first-order chi connectivity index (χ1) is 28.6. The predicted octanol–water partition coefficient (Wildman–Crippen LogP) is 12.8. The number of rotatable bonds is 7. The number of benzene rings is 6. The SMILES string of the molecule is C/C=C\C(=C/C)[PH+](C[PH+](c1ccccc1)C1C=CC=CC1)c1ccccc1.[Au+].[Au+].[C-]#Cc1cccc2c1Cc1ccccc1-2.[C-]#Cc1cccc2c3ccccc3n(C)c12. The van der Waals surface area contributed by atoms with Crippen LogP contribution in [0.1, 0.15) is 42.5 Å². The maximum atomic E-state index is 7.33. The van der Waals surface area contributed by atoms with E-state index in [-0.39, 0.29) is 44.8 Å². The number of hydrogen-bond donors (Lipinski definition) is 0. The smallest absolute Gasteiger partial charge is 0.366 e. The van der Waals surface area contributed by atoms with Crippen molar-refractivity contribution in [3.05, 3.63) is 229 Å². The molecule has 1 nitrogen and oxygen atoms in total. The molecule has 0 radical (unpaired) electrons. The van der Waals surface area contributed by atoms with E-state index in [0.717, 1.165) is 23.1 Å². The molecule has 304 valence electrons. The summed E-state index contributed by atoms with van der Waals surface area (Å²) in [4.78, 5) is 0. The Morgan fingerprint density at radius 1 is 0.683 bits per heavy atom. The van der Waals surface area contributed by atoms with Crippen LogP contribution in [0.3, 0.4) is 0 Å². The summed E-state index contributed by atoms with van der Waals surface area (Å²) in [5, 5.41) is 7.05. The third-order valence-corrected chi connectivity index (χ3v) is 18.6. The van der Waals surface area contributed by atoms with Gasteiger partial charge in [-0.1, -0.05) is 127 Å². The third kappa shape index (κ3) is 10.5. The Kier molecular flexibility index (Phi) is 17.8. The van der Waals surface area contributed by atoms with Crippen molar-refractivity contribution in [1.82, 2.24) is 4.57 Å². The van der Waals surface area contributed by atoms with Gasteiger partial charge in [0.1, 0.15) is 13.2 Å². The Balaban J connectivity index is 0.000000178. The van der Waals surface area contributed by atoms with Crippen LogP contribution in [0.5, 0.6) is 0 Å². The van der Waals surface area contributed by atoms with Crippen LogP contribution in [-0.4, -0.2) is 16.1 Å². The first-order valence-corrected chi connectivity index (χ1v) is 23.5. The zero-order chi connectivity index (χ0) is 40.3. The number of hydrogen-bond acceptors (Lipinski definition) is 0. The van der Waals surface area contributed by atoms with Gasteiger partial charge in [-0.15, -0.1) is 28.8 Å². The van der Waals surface area contributed by atoms with Gasteiger partial charge in [0, 0.05) is 24.4 Å². The molecule has 9 rings (SSSR count). The van der Waals surface area contributed by atoms with Crippen molar-refractivity contribution >= 4 is 48.3 Å². The summed E-state index contributed by atoms with van der Waals surface area (Å²) in [5.74, 6) is 6.33. The fourth-order valence-corrected chi connectivity index (χ4v) is 16.8. The second-order valence-electron chi connectivity index (χ2n) is 14.5. The van der Waals surface area contributed by atoms with E-state index in [1.807, 2.05) is 43.4 Å². The minimum absolute atomic E-state index is 0. The summed E-state index contributed by atoms with van der Waals surface area (Å²) in [7, 11) is 0.518. The molecule has 0 saturated carbocycles. The molecular weight excluding hydrogens is 1130 g/mol. The molecule has 2 aliphatic carbocycles. The van der Waals surface area contributed by atoms with Crippen LogP contribution < -0.4 is 10.6 Å². The predicted molar refractivity (Wildman–Crippen MR) is 256 cm³/mol. The molecule has 60 heavy (non-hydrogen) atoms. The van der Waals surface area contributed by atoms with Crippen molar-refractivity contribution in [3.63, 3.8) is 0 Å². The number of aryl methyl sites for hydroxylation is 1. The van der Waals surface area contributed by atoms with Crippen molar-refractivity contribution in [2.45, 2.75) is 32.3 Å². The van der Waals surface area contributed by atoms with E-state index in [1.165, 1.54) is 61.5 Å². The average Bonchev–Trinajstić information content (AvgIpc) is 3.82. The van der Waals surface area contributed by atoms with Gasteiger partial charge < -0.3 is 17.4 Å². The van der Waals surface area contributed by atoms with E-state index >= 15 is 0 Å². The molecule has 0 amide bonds. The van der Waals surface area contributed by atoms with Crippen molar-refractivity contribution < 1.29 is 44.8 Å². The summed E-state index contributed by atoms with van der Waals surface area (Å²) >= 11 is 0. The summed E-state index contributed by atoms with van der Waals surface area (Å²) < 4.78 is 2.13. The van der Waals surface area contributed by atoms with Gasteiger partial charge in [0.05, 0.1) is 24.2 Å². The first kappa shape index (κ1) is 46.6. The van der Waals surface area contributed by atoms with E-state index in [4.69, 9.17) is 12.8 Å². The first-order valence-electron chi connectivity index (χ1n) is 20.0. The molecule has 0 N–H and O–H groups in total. The fraction of sp³-hybridized carbons (Fsp3) is 0.127. The van der Waals surface area contributed by atoms with Gasteiger partial charge in [-0.3, -0.25) is 11.8 Å². The second-order valence-corrected chi connectivity index (χ2v) is 20.4. The van der Waals surface area contributed by atoms with Gasteiger partial charge in [0.25, 0.3) is 0 Å². The molecule has 0 saturated heterocycles. The van der Waals surface area contributed by atoms with Gasteiger partial charge in [0.15, 0.2) is 5.90 Å². The molecule has 7 aromatic rings. The standard InChI is InChI=1S/C25H28P2.C15H10N.C15H9.2Au/c1-3-14-22(4-2)26(23-15-8-5-9-16-23)21-27(24-17-10-6-11-18-24)25-19-12-7-13-20-25;1-3-11-7-6-9-13-12-8-4-5-10-14(12)16(2)15(11)13;1-2-11-7-5-9-14-13-8-4-3-6-12(13)10-15(11)14;;/h3-19,25H,20-21H2,1-2H3;4-10H,2H3;3-9H,10H2;;/q;2*-1;2*+1/p+2/b14-3-,22-4+;;;;. The van der Waals surface area contributed by atoms with E-state index in [0.29, 0.717) is 5.66 Å². The van der Waals surface area contributed by atoms with E-state index in [2.05, 4.69) is 182 Å². The minimum Gasteiger partial charge on any atom is -0.366 e. The summed E-state index contributed by atoms with van der Waals surface area (Å²) in [6.07, 6.45) is 32.8. The number of nitrogens with zero attached hydrogens (tertiary/aromatic N) is 1. The normalized spacial score (nSPS) is 14.5. The Hall–Kier alpha value is -4.46. The molecule has 5 heteroatoms. The van der Waals surface area contributed by atoms with Crippen LogP contribution in [-0.2, 0) is 58.2 Å². The monoisotopic (exact) mass is 1180 g/mol. The maximum absolute atomic E-state index is 7.33. The van der Waals surface area contributed by atoms with Crippen LogP contribution in [0, 0.1) is 24.7 Å². The zero-order valence-corrected chi connectivity index (χ0v) is 40.5. The summed E-state index contributed by atoms with van der Waals surface area (Å²) in [6.45, 7) is 4.33. The molecule has 6 aromatic carbocycles. The fourth-order valence-electron chi connectivity index (χ4n) is 8.30. The van der Waals surface area contributed by atoms with Crippen LogP contribution in [0.2, 0.25) is 0 Å². The topological polar surface area (TPSA) is 4.93 Å².